The summed E-state index contributed by atoms with van der Waals surface area (Å²) >= 11 is 0. The first-order valence-electron chi connectivity index (χ1n) is 6.17. The Hall–Kier alpha value is -2.09. The highest BCUT2D eigenvalue weighted by Crippen LogP contribution is 2.33. The Balaban J connectivity index is 2.20. The summed E-state index contributed by atoms with van der Waals surface area (Å²) in [6, 6.07) is 6.35. The lowest BCUT2D eigenvalue weighted by Gasteiger charge is -2.24. The van der Waals surface area contributed by atoms with E-state index in [0.717, 1.165) is 6.42 Å². The molecule has 5 heteroatoms. The van der Waals surface area contributed by atoms with Gasteiger partial charge in [-0.2, -0.15) is 5.26 Å². The summed E-state index contributed by atoms with van der Waals surface area (Å²) in [6.07, 6.45) is 0.730. The van der Waals surface area contributed by atoms with Gasteiger partial charge in [0.25, 0.3) is 0 Å². The number of nitrogens with one attached hydrogen (secondary N) is 1. The number of anilines is 1. The zero-order valence-corrected chi connectivity index (χ0v) is 11.0. The predicted molar refractivity (Wildman–Crippen MR) is 70.1 cm³/mol. The number of carbonyl (C=O) groups is 1. The summed E-state index contributed by atoms with van der Waals surface area (Å²) in [5.74, 6) is -0.516. The predicted octanol–water partition coefficient (Wildman–Crippen LogP) is 1.66. The molecule has 0 aliphatic carbocycles. The number of rotatable bonds is 2. The molecular formula is C14H16FN3O. The first-order chi connectivity index (χ1) is 9.00. The summed E-state index contributed by atoms with van der Waals surface area (Å²) < 4.78 is 13.6. The Morgan fingerprint density at radius 1 is 1.58 bits per heavy atom. The molecule has 4 nitrogen and oxygen atoms in total. The number of nitriles is 1. The molecule has 1 N–H and O–H groups in total. The molecule has 0 radical (unpaired) electrons. The van der Waals surface area contributed by atoms with Gasteiger partial charge < -0.3 is 10.2 Å². The zero-order valence-electron chi connectivity index (χ0n) is 11.0. The highest BCUT2D eigenvalue weighted by atomic mass is 19.1. The topological polar surface area (TPSA) is 56.1 Å². The molecule has 2 rings (SSSR count). The van der Waals surface area contributed by atoms with E-state index in [2.05, 4.69) is 5.32 Å². The van der Waals surface area contributed by atoms with Crippen molar-refractivity contribution in [2.24, 2.45) is 5.41 Å². The smallest absolute Gasteiger partial charge is 0.227 e. The van der Waals surface area contributed by atoms with Gasteiger partial charge in [0.2, 0.25) is 5.91 Å². The second-order valence-corrected chi connectivity index (χ2v) is 5.09. The van der Waals surface area contributed by atoms with Crippen molar-refractivity contribution in [1.82, 2.24) is 5.32 Å². The van der Waals surface area contributed by atoms with Gasteiger partial charge in [-0.3, -0.25) is 4.79 Å². The maximum absolute atomic E-state index is 13.6. The third kappa shape index (κ3) is 2.39. The fraction of sp³-hybridized carbons (Fsp3) is 0.429. The first-order valence-corrected chi connectivity index (χ1v) is 6.17. The van der Waals surface area contributed by atoms with Gasteiger partial charge in [-0.15, -0.1) is 0 Å². The monoisotopic (exact) mass is 261 g/mol. The molecule has 0 aromatic heterocycles. The molecule has 0 bridgehead atoms. The lowest BCUT2D eigenvalue weighted by molar-refractivity contribution is -0.128. The molecule has 1 aromatic rings. The van der Waals surface area contributed by atoms with Gasteiger partial charge in [-0.1, -0.05) is 0 Å². The van der Waals surface area contributed by atoms with Gasteiger partial charge >= 0.3 is 0 Å². The SMILES string of the molecule is CNC(=O)C1(C)CCN(c2ccc(C#N)c(F)c2)C1. The van der Waals surface area contributed by atoms with Gasteiger partial charge in [-0.05, 0) is 31.5 Å². The third-order valence-corrected chi connectivity index (χ3v) is 3.69. The van der Waals surface area contributed by atoms with E-state index < -0.39 is 11.2 Å². The summed E-state index contributed by atoms with van der Waals surface area (Å²) in [7, 11) is 1.62. The molecular weight excluding hydrogens is 245 g/mol. The minimum atomic E-state index is -0.520. The second kappa shape index (κ2) is 4.88. The van der Waals surface area contributed by atoms with Crippen LogP contribution in [-0.2, 0) is 4.79 Å². The molecule has 0 saturated carbocycles. The number of hydrogen-bond acceptors (Lipinski definition) is 3. The minimum absolute atomic E-state index is 0.00381. The molecule has 1 heterocycles. The van der Waals surface area contributed by atoms with Crippen molar-refractivity contribution in [3.8, 4) is 6.07 Å². The van der Waals surface area contributed by atoms with E-state index in [1.165, 1.54) is 12.1 Å². The highest BCUT2D eigenvalue weighted by Gasteiger charge is 2.39. The largest absolute Gasteiger partial charge is 0.370 e. The summed E-state index contributed by atoms with van der Waals surface area (Å²) in [6.45, 7) is 3.17. The van der Waals surface area contributed by atoms with Crippen molar-refractivity contribution in [3.05, 3.63) is 29.6 Å². The van der Waals surface area contributed by atoms with Crippen molar-refractivity contribution in [1.29, 1.82) is 5.26 Å². The number of carbonyl (C=O) groups excluding carboxylic acids is 1. The van der Waals surface area contributed by atoms with Crippen LogP contribution >= 0.6 is 0 Å². The fourth-order valence-electron chi connectivity index (χ4n) is 2.46. The quantitative estimate of drug-likeness (QED) is 0.881. The Labute approximate surface area is 111 Å². The lowest BCUT2D eigenvalue weighted by Crippen LogP contribution is -2.39. The first kappa shape index (κ1) is 13.3. The van der Waals surface area contributed by atoms with Crippen LogP contribution in [0.4, 0.5) is 10.1 Å². The van der Waals surface area contributed by atoms with Gasteiger partial charge in [-0.25, -0.2) is 4.39 Å². The normalized spacial score (nSPS) is 22.1. The Bertz CT molecular complexity index is 552. The van der Waals surface area contributed by atoms with E-state index in [9.17, 15) is 9.18 Å². The number of hydrogen-bond donors (Lipinski definition) is 1. The average molecular weight is 261 g/mol. The van der Waals surface area contributed by atoms with Crippen LogP contribution in [0.5, 0.6) is 0 Å². The van der Waals surface area contributed by atoms with E-state index in [1.54, 1.807) is 19.2 Å². The van der Waals surface area contributed by atoms with Crippen LogP contribution in [0.15, 0.2) is 18.2 Å². The van der Waals surface area contributed by atoms with Crippen LogP contribution in [0.1, 0.15) is 18.9 Å². The number of benzene rings is 1. The van der Waals surface area contributed by atoms with Crippen molar-refractivity contribution in [3.63, 3.8) is 0 Å². The van der Waals surface area contributed by atoms with Crippen molar-refractivity contribution in [2.45, 2.75) is 13.3 Å². The molecule has 1 unspecified atom stereocenters. The van der Waals surface area contributed by atoms with Gasteiger partial charge in [0.1, 0.15) is 11.9 Å². The van der Waals surface area contributed by atoms with Gasteiger partial charge in [0.05, 0.1) is 11.0 Å². The summed E-state index contributed by atoms with van der Waals surface area (Å²) in [5, 5.41) is 11.4. The van der Waals surface area contributed by atoms with Crippen LogP contribution < -0.4 is 10.2 Å². The standard InChI is InChI=1S/C14H16FN3O/c1-14(13(19)17-2)5-6-18(9-14)11-4-3-10(8-16)12(15)7-11/h3-4,7H,5-6,9H2,1-2H3,(H,17,19). The molecule has 1 saturated heterocycles. The third-order valence-electron chi connectivity index (χ3n) is 3.69. The molecule has 1 atom stereocenters. The fourth-order valence-corrected chi connectivity index (χ4v) is 2.46. The lowest BCUT2D eigenvalue weighted by atomic mass is 9.89. The molecule has 19 heavy (non-hydrogen) atoms. The molecule has 1 amide bonds. The second-order valence-electron chi connectivity index (χ2n) is 5.09. The zero-order chi connectivity index (χ0) is 14.0. The molecule has 1 fully saturated rings. The van der Waals surface area contributed by atoms with Crippen LogP contribution in [0.25, 0.3) is 0 Å². The molecule has 1 aromatic carbocycles. The van der Waals surface area contributed by atoms with Crippen LogP contribution in [-0.4, -0.2) is 26.0 Å². The Kier molecular flexibility index (Phi) is 3.43. The highest BCUT2D eigenvalue weighted by molar-refractivity contribution is 5.83. The Morgan fingerprint density at radius 3 is 2.89 bits per heavy atom. The summed E-state index contributed by atoms with van der Waals surface area (Å²) in [4.78, 5) is 13.8. The molecule has 1 aliphatic heterocycles. The van der Waals surface area contributed by atoms with Crippen LogP contribution in [0, 0.1) is 22.6 Å². The number of amides is 1. The van der Waals surface area contributed by atoms with Crippen LogP contribution in [0.2, 0.25) is 0 Å². The van der Waals surface area contributed by atoms with E-state index in [1.807, 2.05) is 11.8 Å². The number of halogens is 1. The maximum Gasteiger partial charge on any atom is 0.227 e. The van der Waals surface area contributed by atoms with Crippen molar-refractivity contribution in [2.75, 3.05) is 25.0 Å². The van der Waals surface area contributed by atoms with Gasteiger partial charge in [0, 0.05) is 25.8 Å². The van der Waals surface area contributed by atoms with Gasteiger partial charge in [0.15, 0.2) is 0 Å². The Morgan fingerprint density at radius 2 is 2.32 bits per heavy atom. The molecule has 1 aliphatic rings. The number of nitrogens with zero attached hydrogens (tertiary/aromatic N) is 2. The average Bonchev–Trinajstić information content (AvgIpc) is 2.81. The van der Waals surface area contributed by atoms with Crippen molar-refractivity contribution >= 4 is 11.6 Å². The van der Waals surface area contributed by atoms with E-state index in [0.29, 0.717) is 18.8 Å². The van der Waals surface area contributed by atoms with E-state index >= 15 is 0 Å². The van der Waals surface area contributed by atoms with E-state index in [-0.39, 0.29) is 11.5 Å². The van der Waals surface area contributed by atoms with Crippen molar-refractivity contribution < 1.29 is 9.18 Å². The molecule has 100 valence electrons. The molecule has 0 spiro atoms. The van der Waals surface area contributed by atoms with E-state index in [4.69, 9.17) is 5.26 Å². The van der Waals surface area contributed by atoms with Crippen LogP contribution in [0.3, 0.4) is 0 Å². The minimum Gasteiger partial charge on any atom is -0.370 e. The maximum atomic E-state index is 13.6. The summed E-state index contributed by atoms with van der Waals surface area (Å²) in [5.41, 5.74) is 0.306.